The van der Waals surface area contributed by atoms with E-state index in [1.54, 1.807) is 0 Å². The van der Waals surface area contributed by atoms with E-state index < -0.39 is 12.5 Å². The van der Waals surface area contributed by atoms with Crippen LogP contribution in [0, 0.1) is 19.3 Å². The minimum Gasteiger partial charge on any atom is -0.444 e. The van der Waals surface area contributed by atoms with Gasteiger partial charge >= 0.3 is 6.09 Å². The zero-order valence-corrected chi connectivity index (χ0v) is 29.2. The molecule has 0 bridgehead atoms. The van der Waals surface area contributed by atoms with Crippen LogP contribution >= 0.6 is 11.6 Å². The first kappa shape index (κ1) is 33.9. The van der Waals surface area contributed by atoms with E-state index in [0.29, 0.717) is 6.04 Å². The molecule has 3 aliphatic heterocycles. The minimum atomic E-state index is -1.75. The van der Waals surface area contributed by atoms with Crippen molar-refractivity contribution in [2.45, 2.75) is 97.6 Å². The SMILES string of the molecule is Cc1cc2c(cnn2C2CCCCO2)c(-c2c(N3CCNCC3C)nn(C3CC4(C3)CN(C(=O)OC(C)(C)C)C4)c2C)c1Cl.FCF. The summed E-state index contributed by atoms with van der Waals surface area (Å²) < 4.78 is 35.3. The molecule has 4 fully saturated rings. The van der Waals surface area contributed by atoms with Gasteiger partial charge in [0.2, 0.25) is 6.93 Å². The fourth-order valence-electron chi connectivity index (χ4n) is 7.78. The van der Waals surface area contributed by atoms with Crippen LogP contribution in [0.15, 0.2) is 12.3 Å². The van der Waals surface area contributed by atoms with E-state index in [1.807, 2.05) is 31.9 Å². The average molecular weight is 676 g/mol. The maximum Gasteiger partial charge on any atom is 0.410 e. The van der Waals surface area contributed by atoms with E-state index in [0.717, 1.165) is 116 Å². The van der Waals surface area contributed by atoms with Gasteiger partial charge in [0.05, 0.1) is 22.8 Å². The van der Waals surface area contributed by atoms with E-state index in [1.165, 1.54) is 0 Å². The molecule has 3 saturated heterocycles. The number of hydrogen-bond donors (Lipinski definition) is 1. The number of likely N-dealkylation sites (tertiary alicyclic amines) is 1. The molecule has 2 aromatic heterocycles. The first-order valence-corrected chi connectivity index (χ1v) is 17.2. The maximum absolute atomic E-state index is 12.6. The van der Waals surface area contributed by atoms with E-state index in [2.05, 4.69) is 46.4 Å². The molecule has 10 nitrogen and oxygen atoms in total. The highest BCUT2D eigenvalue weighted by Crippen LogP contribution is 2.56. The van der Waals surface area contributed by atoms with Crippen molar-refractivity contribution in [2.24, 2.45) is 5.41 Å². The molecule has 1 spiro atoms. The zero-order valence-electron chi connectivity index (χ0n) is 28.4. The second-order valence-electron chi connectivity index (χ2n) is 14.7. The molecule has 47 heavy (non-hydrogen) atoms. The summed E-state index contributed by atoms with van der Waals surface area (Å²) >= 11 is 7.24. The molecule has 5 heterocycles. The number of ether oxygens (including phenoxy) is 2. The van der Waals surface area contributed by atoms with Crippen LogP contribution in [0.25, 0.3) is 22.0 Å². The Labute approximate surface area is 280 Å². The summed E-state index contributed by atoms with van der Waals surface area (Å²) in [6.07, 6.45) is 6.89. The molecule has 0 radical (unpaired) electrons. The van der Waals surface area contributed by atoms with Crippen LogP contribution in [0.3, 0.4) is 0 Å². The summed E-state index contributed by atoms with van der Waals surface area (Å²) in [5.41, 5.74) is 5.00. The highest BCUT2D eigenvalue weighted by Gasteiger charge is 2.55. The second-order valence-corrected chi connectivity index (χ2v) is 15.1. The Morgan fingerprint density at radius 3 is 2.53 bits per heavy atom. The van der Waals surface area contributed by atoms with Crippen LogP contribution in [0.5, 0.6) is 0 Å². The topological polar surface area (TPSA) is 89.7 Å². The molecular weight excluding hydrogens is 628 g/mol. The van der Waals surface area contributed by atoms with E-state index in [-0.39, 0.29) is 23.8 Å². The van der Waals surface area contributed by atoms with Crippen molar-refractivity contribution >= 4 is 34.4 Å². The number of alkyl halides is 2. The number of halogens is 3. The Balaban J connectivity index is 0.00000124. The van der Waals surface area contributed by atoms with E-state index >= 15 is 0 Å². The average Bonchev–Trinajstić information content (AvgIpc) is 3.53. The lowest BCUT2D eigenvalue weighted by atomic mass is 9.61. The van der Waals surface area contributed by atoms with Gasteiger partial charge in [0.15, 0.2) is 12.0 Å². The van der Waals surface area contributed by atoms with Crippen LogP contribution in [0.1, 0.15) is 83.3 Å². The minimum absolute atomic E-state index is 0.0555. The summed E-state index contributed by atoms with van der Waals surface area (Å²) in [7, 11) is 0. The smallest absolute Gasteiger partial charge is 0.410 e. The third-order valence-corrected chi connectivity index (χ3v) is 10.5. The molecule has 13 heteroatoms. The van der Waals surface area contributed by atoms with Crippen molar-refractivity contribution in [3.05, 3.63) is 28.5 Å². The molecule has 1 amide bonds. The third-order valence-electron chi connectivity index (χ3n) is 9.99. The Kier molecular flexibility index (Phi) is 9.50. The molecule has 4 aliphatic rings. The summed E-state index contributed by atoms with van der Waals surface area (Å²) in [5, 5.41) is 15.6. The number of fused-ring (bicyclic) bond motifs is 1. The van der Waals surface area contributed by atoms with Gasteiger partial charge in [-0.05, 0) is 85.3 Å². The number of amides is 1. The van der Waals surface area contributed by atoms with Crippen LogP contribution in [0.2, 0.25) is 5.02 Å². The van der Waals surface area contributed by atoms with Gasteiger partial charge in [-0.1, -0.05) is 11.6 Å². The largest absolute Gasteiger partial charge is 0.444 e. The van der Waals surface area contributed by atoms with Gasteiger partial charge < -0.3 is 24.6 Å². The zero-order chi connectivity index (χ0) is 33.7. The number of anilines is 1. The summed E-state index contributed by atoms with van der Waals surface area (Å²) in [5.74, 6) is 0.997. The van der Waals surface area contributed by atoms with Gasteiger partial charge in [0.25, 0.3) is 0 Å². The predicted octanol–water partition coefficient (Wildman–Crippen LogP) is 7.12. The molecule has 258 valence electrons. The molecule has 7 rings (SSSR count). The van der Waals surface area contributed by atoms with Gasteiger partial charge in [0.1, 0.15) is 5.60 Å². The molecule has 2 atom stereocenters. The highest BCUT2D eigenvalue weighted by atomic mass is 35.5. The summed E-state index contributed by atoms with van der Waals surface area (Å²) in [4.78, 5) is 16.9. The van der Waals surface area contributed by atoms with Gasteiger partial charge in [-0.3, -0.25) is 4.68 Å². The Morgan fingerprint density at radius 1 is 1.17 bits per heavy atom. The van der Waals surface area contributed by atoms with Gasteiger partial charge in [-0.25, -0.2) is 18.3 Å². The molecule has 1 saturated carbocycles. The van der Waals surface area contributed by atoms with Crippen molar-refractivity contribution in [3.8, 4) is 11.1 Å². The number of carbonyl (C=O) groups is 1. The second kappa shape index (κ2) is 13.2. The van der Waals surface area contributed by atoms with E-state index in [4.69, 9.17) is 31.3 Å². The number of rotatable bonds is 4. The van der Waals surface area contributed by atoms with Crippen LogP contribution in [0.4, 0.5) is 19.4 Å². The summed E-state index contributed by atoms with van der Waals surface area (Å²) in [6, 6.07) is 2.73. The van der Waals surface area contributed by atoms with Crippen molar-refractivity contribution in [2.75, 3.05) is 51.2 Å². The maximum atomic E-state index is 12.6. The Morgan fingerprint density at radius 2 is 1.89 bits per heavy atom. The van der Waals surface area contributed by atoms with Crippen LogP contribution in [-0.4, -0.2) is 88.5 Å². The lowest BCUT2D eigenvalue weighted by Gasteiger charge is -2.58. The quantitative estimate of drug-likeness (QED) is 0.315. The number of carbonyl (C=O) groups excluding carboxylic acids is 1. The number of nitrogens with one attached hydrogen (secondary N) is 1. The third kappa shape index (κ3) is 6.45. The molecule has 2 unspecified atom stereocenters. The van der Waals surface area contributed by atoms with Crippen molar-refractivity contribution < 1.29 is 23.0 Å². The molecular formula is C34H48ClF2N7O3. The first-order chi connectivity index (χ1) is 22.4. The highest BCUT2D eigenvalue weighted by molar-refractivity contribution is 6.36. The molecule has 1 N–H and O–H groups in total. The van der Waals surface area contributed by atoms with Crippen molar-refractivity contribution in [3.63, 3.8) is 0 Å². The molecule has 3 aromatic rings. The van der Waals surface area contributed by atoms with Gasteiger partial charge in [-0.15, -0.1) is 0 Å². The predicted molar refractivity (Wildman–Crippen MR) is 180 cm³/mol. The van der Waals surface area contributed by atoms with E-state index in [9.17, 15) is 13.6 Å². The molecule has 1 aromatic carbocycles. The summed E-state index contributed by atoms with van der Waals surface area (Å²) in [6.45, 7) is 15.5. The molecule has 1 aliphatic carbocycles. The monoisotopic (exact) mass is 675 g/mol. The number of aromatic nitrogens is 4. The van der Waals surface area contributed by atoms with Crippen molar-refractivity contribution in [1.82, 2.24) is 29.8 Å². The number of piperazine rings is 1. The normalized spacial score (nSPS) is 22.9. The lowest BCUT2D eigenvalue weighted by molar-refractivity contribution is -0.0930. The number of aryl methyl sites for hydroxylation is 1. The number of hydrogen-bond acceptors (Lipinski definition) is 7. The van der Waals surface area contributed by atoms with Gasteiger partial charge in [-0.2, -0.15) is 10.2 Å². The fraction of sp³-hybridized carbons (Fsp3) is 0.676. The van der Waals surface area contributed by atoms with Crippen molar-refractivity contribution in [1.29, 1.82) is 0 Å². The Hall–Kier alpha value is -2.96. The first-order valence-electron chi connectivity index (χ1n) is 16.8. The van der Waals surface area contributed by atoms with Crippen LogP contribution < -0.4 is 10.2 Å². The standard InChI is InChI=1S/C33H46ClN7O3.CH2F2/c1-20-13-25-24(17-36-41(25)26-9-7-8-12-43-26)28(29(20)34)27-22(3)40(37-30(27)39-11-10-35-16-21(39)2)23-14-33(15-23)18-38(19-33)31(42)44-32(4,5)6;2-1-3/h13,17,21,23,26,35H,7-12,14-16,18-19H2,1-6H3;1H2. The lowest BCUT2D eigenvalue weighted by Crippen LogP contribution is -2.64. The number of benzene rings is 1. The number of nitrogens with zero attached hydrogens (tertiary/aromatic N) is 6. The van der Waals surface area contributed by atoms with Gasteiger partial charge in [0, 0.05) is 73.0 Å². The Bertz CT molecular complexity index is 1600. The fourth-order valence-corrected chi connectivity index (χ4v) is 8.03. The van der Waals surface area contributed by atoms with Crippen LogP contribution in [-0.2, 0) is 9.47 Å².